The Bertz CT molecular complexity index is 801. The van der Waals surface area contributed by atoms with Crippen LogP contribution in [0.15, 0.2) is 0 Å². The minimum Gasteiger partial charge on any atom is -0.393 e. The Labute approximate surface area is 197 Å². The van der Waals surface area contributed by atoms with Crippen molar-refractivity contribution < 1.29 is 9.84 Å². The summed E-state index contributed by atoms with van der Waals surface area (Å²) in [5.74, 6) is 3.11. The van der Waals surface area contributed by atoms with Crippen LogP contribution in [0.1, 0.15) is 113 Å². The molecule has 0 amide bonds. The zero-order valence-electron chi connectivity index (χ0n) is 22.1. The molecule has 32 heavy (non-hydrogen) atoms. The highest BCUT2D eigenvalue weighted by molar-refractivity contribution is 5.21. The third-order valence-corrected chi connectivity index (χ3v) is 14.1. The molecule has 0 aromatic carbocycles. The summed E-state index contributed by atoms with van der Waals surface area (Å²) in [7, 11) is 0. The fraction of sp³-hybridized carbons (Fsp3) is 1.00. The normalized spacial score (nSPS) is 60.0. The second kappa shape index (κ2) is 6.37. The molecule has 10 atom stereocenters. The maximum absolute atomic E-state index is 10.9. The number of hydrogen-bond acceptors (Lipinski definition) is 2. The molecule has 2 nitrogen and oxygen atoms in total. The molecule has 1 N–H and O–H groups in total. The van der Waals surface area contributed by atoms with Crippen molar-refractivity contribution in [1.82, 2.24) is 0 Å². The van der Waals surface area contributed by atoms with Gasteiger partial charge in [-0.25, -0.2) is 0 Å². The van der Waals surface area contributed by atoms with E-state index in [1.54, 1.807) is 0 Å². The van der Waals surface area contributed by atoms with Gasteiger partial charge in [0.05, 0.1) is 18.8 Å². The molecule has 6 aliphatic rings. The lowest BCUT2D eigenvalue weighted by Gasteiger charge is -2.73. The predicted octanol–water partition coefficient (Wildman–Crippen LogP) is 7.24. The molecule has 2 heteroatoms. The van der Waals surface area contributed by atoms with Gasteiger partial charge in [-0.1, -0.05) is 48.5 Å². The van der Waals surface area contributed by atoms with E-state index in [1.807, 2.05) is 0 Å². The summed E-state index contributed by atoms with van der Waals surface area (Å²) >= 11 is 0. The number of aliphatic hydroxyl groups is 1. The van der Waals surface area contributed by atoms with Crippen LogP contribution in [0.3, 0.4) is 0 Å². The van der Waals surface area contributed by atoms with Gasteiger partial charge in [-0.15, -0.1) is 0 Å². The molecule has 6 rings (SSSR count). The molecule has 1 heterocycles. The van der Waals surface area contributed by atoms with Crippen molar-refractivity contribution in [2.45, 2.75) is 125 Å². The molecule has 2 bridgehead atoms. The lowest BCUT2D eigenvalue weighted by molar-refractivity contribution is -0.252. The van der Waals surface area contributed by atoms with Crippen LogP contribution in [-0.4, -0.2) is 23.9 Å². The molecule has 1 aliphatic heterocycles. The number of ether oxygens (including phenoxy) is 1. The second-order valence-electron chi connectivity index (χ2n) is 15.7. The van der Waals surface area contributed by atoms with E-state index in [-0.39, 0.29) is 11.5 Å². The first-order chi connectivity index (χ1) is 14.8. The molecule has 0 radical (unpaired) electrons. The molecular weight excluding hydrogens is 392 g/mol. The molecule has 1 saturated heterocycles. The van der Waals surface area contributed by atoms with Crippen LogP contribution in [0.5, 0.6) is 0 Å². The van der Waals surface area contributed by atoms with Crippen LogP contribution in [0.2, 0.25) is 0 Å². The number of aliphatic hydroxyl groups excluding tert-OH is 1. The summed E-state index contributed by atoms with van der Waals surface area (Å²) < 4.78 is 6.71. The van der Waals surface area contributed by atoms with Gasteiger partial charge in [0, 0.05) is 0 Å². The van der Waals surface area contributed by atoms with Crippen LogP contribution in [-0.2, 0) is 4.74 Å². The minimum atomic E-state index is -0.122. The Hall–Kier alpha value is -0.0800. The van der Waals surface area contributed by atoms with Gasteiger partial charge in [-0.05, 0) is 120 Å². The van der Waals surface area contributed by atoms with Crippen molar-refractivity contribution in [2.24, 2.45) is 56.2 Å². The third kappa shape index (κ3) is 2.41. The first kappa shape index (κ1) is 22.4. The molecule has 5 saturated carbocycles. The maximum Gasteiger partial charge on any atom is 0.0663 e. The van der Waals surface area contributed by atoms with E-state index < -0.39 is 0 Å². The summed E-state index contributed by atoms with van der Waals surface area (Å²) in [6, 6.07) is 0. The summed E-state index contributed by atoms with van der Waals surface area (Å²) in [6.07, 6.45) is 13.7. The standard InChI is InChI=1S/C30H50O2/c1-25(2)14-16-30-17-15-28(6)19(23(30)24(25)32-18-30)8-9-21-27(5)12-11-22(31)26(3,4)20(27)10-13-29(21,28)7/h19-24,31H,8-18H2,1-7H3/t19-,20?,21?,22+,23?,24-,27+,28-,29-,30-/m1/s1. The highest BCUT2D eigenvalue weighted by Gasteiger charge is 2.72. The Morgan fingerprint density at radius 1 is 0.688 bits per heavy atom. The van der Waals surface area contributed by atoms with E-state index >= 15 is 0 Å². The summed E-state index contributed by atoms with van der Waals surface area (Å²) in [5, 5.41) is 10.9. The average molecular weight is 443 g/mol. The molecule has 0 aromatic rings. The zero-order valence-corrected chi connectivity index (χ0v) is 22.1. The van der Waals surface area contributed by atoms with Crippen LogP contribution in [0.4, 0.5) is 0 Å². The van der Waals surface area contributed by atoms with Crippen LogP contribution < -0.4 is 0 Å². The van der Waals surface area contributed by atoms with Crippen molar-refractivity contribution in [2.75, 3.05) is 6.61 Å². The van der Waals surface area contributed by atoms with Crippen molar-refractivity contribution in [1.29, 1.82) is 0 Å². The third-order valence-electron chi connectivity index (χ3n) is 14.1. The molecule has 0 spiro atoms. The van der Waals surface area contributed by atoms with E-state index in [0.717, 1.165) is 30.8 Å². The second-order valence-corrected chi connectivity index (χ2v) is 15.7. The first-order valence-corrected chi connectivity index (χ1v) is 14.1. The van der Waals surface area contributed by atoms with Gasteiger partial charge in [0.1, 0.15) is 0 Å². The fourth-order valence-electron chi connectivity index (χ4n) is 12.0. The van der Waals surface area contributed by atoms with E-state index in [9.17, 15) is 5.11 Å². The highest BCUT2D eigenvalue weighted by Crippen LogP contribution is 2.78. The smallest absolute Gasteiger partial charge is 0.0663 e. The van der Waals surface area contributed by atoms with Crippen LogP contribution in [0, 0.1) is 56.2 Å². The SMILES string of the molecule is CC1(C)CC[C@]23CC[C@]4(C)[C@H](CCC5[C@@]6(C)CC[C@H](O)C(C)(C)C6CC[C@]54C)C2[C@H]1OC3. The van der Waals surface area contributed by atoms with Crippen molar-refractivity contribution in [3.63, 3.8) is 0 Å². The van der Waals surface area contributed by atoms with E-state index in [2.05, 4.69) is 48.5 Å². The summed E-state index contributed by atoms with van der Waals surface area (Å²) in [6.45, 7) is 18.9. The maximum atomic E-state index is 10.9. The summed E-state index contributed by atoms with van der Waals surface area (Å²) in [4.78, 5) is 0. The van der Waals surface area contributed by atoms with Crippen molar-refractivity contribution in [3.8, 4) is 0 Å². The molecule has 182 valence electrons. The van der Waals surface area contributed by atoms with Gasteiger partial charge < -0.3 is 9.84 Å². The Kier molecular flexibility index (Phi) is 4.46. The van der Waals surface area contributed by atoms with E-state index in [0.29, 0.717) is 39.1 Å². The topological polar surface area (TPSA) is 29.5 Å². The first-order valence-electron chi connectivity index (χ1n) is 14.1. The van der Waals surface area contributed by atoms with Gasteiger partial charge in [0.25, 0.3) is 0 Å². The minimum absolute atomic E-state index is 0.0586. The van der Waals surface area contributed by atoms with E-state index in [4.69, 9.17) is 4.74 Å². The lowest BCUT2D eigenvalue weighted by atomic mass is 9.31. The van der Waals surface area contributed by atoms with Gasteiger partial charge in [-0.2, -0.15) is 0 Å². The zero-order chi connectivity index (χ0) is 22.9. The van der Waals surface area contributed by atoms with Crippen LogP contribution in [0.25, 0.3) is 0 Å². The molecule has 3 unspecified atom stereocenters. The lowest BCUT2D eigenvalue weighted by Crippen LogP contribution is -2.67. The quantitative estimate of drug-likeness (QED) is 0.428. The Morgan fingerprint density at radius 2 is 1.41 bits per heavy atom. The molecule has 5 aliphatic carbocycles. The van der Waals surface area contributed by atoms with Crippen LogP contribution >= 0.6 is 0 Å². The van der Waals surface area contributed by atoms with Crippen molar-refractivity contribution >= 4 is 0 Å². The largest absolute Gasteiger partial charge is 0.393 e. The summed E-state index contributed by atoms with van der Waals surface area (Å²) in [5.41, 5.74) is 2.16. The fourth-order valence-corrected chi connectivity index (χ4v) is 12.0. The van der Waals surface area contributed by atoms with Crippen molar-refractivity contribution in [3.05, 3.63) is 0 Å². The number of hydrogen-bond donors (Lipinski definition) is 1. The molecular formula is C30H50O2. The number of fused-ring (bicyclic) bond motifs is 5. The number of rotatable bonds is 0. The van der Waals surface area contributed by atoms with Gasteiger partial charge in [0.2, 0.25) is 0 Å². The van der Waals surface area contributed by atoms with Gasteiger partial charge >= 0.3 is 0 Å². The van der Waals surface area contributed by atoms with Gasteiger partial charge in [-0.3, -0.25) is 0 Å². The average Bonchev–Trinajstić information content (AvgIpc) is 3.05. The Morgan fingerprint density at radius 3 is 2.16 bits per heavy atom. The van der Waals surface area contributed by atoms with E-state index in [1.165, 1.54) is 57.8 Å². The Balaban J connectivity index is 1.39. The monoisotopic (exact) mass is 442 g/mol. The highest BCUT2D eigenvalue weighted by atomic mass is 16.5. The molecule has 6 fully saturated rings. The van der Waals surface area contributed by atoms with Gasteiger partial charge in [0.15, 0.2) is 0 Å². The molecule has 0 aromatic heterocycles. The predicted molar refractivity (Wildman–Crippen MR) is 130 cm³/mol.